The summed E-state index contributed by atoms with van der Waals surface area (Å²) in [7, 11) is 0. The Bertz CT molecular complexity index is 213. The van der Waals surface area contributed by atoms with Crippen LogP contribution in [0.1, 0.15) is 40.0 Å². The quantitative estimate of drug-likeness (QED) is 0.567. The molecule has 3 heteroatoms. The summed E-state index contributed by atoms with van der Waals surface area (Å²) in [5, 5.41) is 0. The van der Waals surface area contributed by atoms with Gasteiger partial charge in [-0.2, -0.15) is 12.6 Å². The molecule has 0 aromatic rings. The van der Waals surface area contributed by atoms with Gasteiger partial charge in [-0.3, -0.25) is 4.79 Å². The first-order valence-corrected chi connectivity index (χ1v) is 5.86. The number of carbonyl (C=O) groups excluding carboxylic acids is 1. The van der Waals surface area contributed by atoms with E-state index in [9.17, 15) is 4.79 Å². The van der Waals surface area contributed by atoms with E-state index >= 15 is 0 Å². The lowest BCUT2D eigenvalue weighted by Gasteiger charge is -2.38. The maximum absolute atomic E-state index is 11.1. The number of hydrogen-bond donors (Lipinski definition) is 1. The van der Waals surface area contributed by atoms with Crippen molar-refractivity contribution in [2.75, 3.05) is 5.75 Å². The predicted molar refractivity (Wildman–Crippen MR) is 60.5 cm³/mol. The highest BCUT2D eigenvalue weighted by Gasteiger charge is 2.33. The van der Waals surface area contributed by atoms with Gasteiger partial charge in [-0.05, 0) is 30.6 Å². The van der Waals surface area contributed by atoms with Crippen molar-refractivity contribution < 1.29 is 9.53 Å². The largest absolute Gasteiger partial charge is 0.462 e. The molecule has 1 rings (SSSR count). The fourth-order valence-corrected chi connectivity index (χ4v) is 2.65. The van der Waals surface area contributed by atoms with Crippen LogP contribution in [0.4, 0.5) is 0 Å². The molecular formula is C11H20O2S. The highest BCUT2D eigenvalue weighted by molar-refractivity contribution is 7.81. The van der Waals surface area contributed by atoms with Gasteiger partial charge in [0.2, 0.25) is 0 Å². The molecule has 14 heavy (non-hydrogen) atoms. The van der Waals surface area contributed by atoms with Gasteiger partial charge >= 0.3 is 5.97 Å². The molecule has 2 nitrogen and oxygen atoms in total. The van der Waals surface area contributed by atoms with E-state index in [4.69, 9.17) is 4.74 Å². The van der Waals surface area contributed by atoms with Gasteiger partial charge in [0.1, 0.15) is 6.10 Å². The van der Waals surface area contributed by atoms with Crippen LogP contribution in [0.2, 0.25) is 0 Å². The Balaban J connectivity index is 2.50. The molecule has 1 aliphatic rings. The van der Waals surface area contributed by atoms with Crippen LogP contribution in [0.3, 0.4) is 0 Å². The number of hydrogen-bond acceptors (Lipinski definition) is 3. The molecule has 0 spiro atoms. The van der Waals surface area contributed by atoms with E-state index < -0.39 is 0 Å². The van der Waals surface area contributed by atoms with Crippen molar-refractivity contribution in [1.29, 1.82) is 0 Å². The number of esters is 1. The van der Waals surface area contributed by atoms with E-state index in [0.29, 0.717) is 11.3 Å². The minimum Gasteiger partial charge on any atom is -0.462 e. The highest BCUT2D eigenvalue weighted by atomic mass is 32.1. The molecular weight excluding hydrogens is 196 g/mol. The van der Waals surface area contributed by atoms with Crippen molar-refractivity contribution in [2.45, 2.75) is 46.1 Å². The van der Waals surface area contributed by atoms with Crippen molar-refractivity contribution in [3.05, 3.63) is 0 Å². The van der Waals surface area contributed by atoms with Crippen LogP contribution in [0.15, 0.2) is 0 Å². The predicted octanol–water partition coefficient (Wildman–Crippen LogP) is 2.67. The molecule has 1 saturated carbocycles. The van der Waals surface area contributed by atoms with E-state index in [1.165, 1.54) is 6.42 Å². The molecule has 0 N–H and O–H groups in total. The Morgan fingerprint density at radius 3 is 2.64 bits per heavy atom. The number of ether oxygens (including phenoxy) is 1. The van der Waals surface area contributed by atoms with Crippen LogP contribution in [-0.2, 0) is 9.53 Å². The molecule has 0 radical (unpaired) electrons. The lowest BCUT2D eigenvalue weighted by Crippen LogP contribution is -2.34. The van der Waals surface area contributed by atoms with Gasteiger partial charge in [0.05, 0.1) is 5.75 Å². The molecule has 1 aliphatic carbocycles. The minimum atomic E-state index is -0.191. The van der Waals surface area contributed by atoms with E-state index in [0.717, 1.165) is 12.8 Å². The summed E-state index contributed by atoms with van der Waals surface area (Å²) in [6, 6.07) is 0. The van der Waals surface area contributed by atoms with Gasteiger partial charge in [-0.25, -0.2) is 0 Å². The van der Waals surface area contributed by atoms with Crippen LogP contribution < -0.4 is 0 Å². The number of rotatable bonds is 2. The van der Waals surface area contributed by atoms with E-state index in [1.54, 1.807) is 0 Å². The van der Waals surface area contributed by atoms with Crippen LogP contribution in [0, 0.1) is 11.3 Å². The summed E-state index contributed by atoms with van der Waals surface area (Å²) in [6.07, 6.45) is 3.32. The van der Waals surface area contributed by atoms with Crippen molar-refractivity contribution >= 4 is 18.6 Å². The maximum atomic E-state index is 11.1. The zero-order chi connectivity index (χ0) is 10.8. The molecule has 0 amide bonds. The molecule has 0 aromatic carbocycles. The molecule has 0 bridgehead atoms. The molecule has 0 saturated heterocycles. The summed E-state index contributed by atoms with van der Waals surface area (Å²) in [6.45, 7) is 6.71. The minimum absolute atomic E-state index is 0.105. The van der Waals surface area contributed by atoms with Crippen LogP contribution in [0.5, 0.6) is 0 Å². The Labute approximate surface area is 91.8 Å². The van der Waals surface area contributed by atoms with Crippen LogP contribution in [0.25, 0.3) is 0 Å². The lowest BCUT2D eigenvalue weighted by atomic mass is 9.71. The molecule has 0 heterocycles. The SMILES string of the molecule is CC1CC(OC(=O)CS)CC(C)(C)C1. The zero-order valence-corrected chi connectivity index (χ0v) is 10.1. The Morgan fingerprint density at radius 2 is 2.14 bits per heavy atom. The third kappa shape index (κ3) is 3.52. The van der Waals surface area contributed by atoms with Crippen LogP contribution in [-0.4, -0.2) is 17.8 Å². The molecule has 2 unspecified atom stereocenters. The normalized spacial score (nSPS) is 31.1. The Hall–Kier alpha value is -0.180. The first-order chi connectivity index (χ1) is 6.43. The number of carbonyl (C=O) groups is 1. The fourth-order valence-electron chi connectivity index (χ4n) is 2.57. The third-order valence-electron chi connectivity index (χ3n) is 2.77. The fraction of sp³-hybridized carbons (Fsp3) is 0.909. The first-order valence-electron chi connectivity index (χ1n) is 5.23. The molecule has 82 valence electrons. The van der Waals surface area contributed by atoms with Gasteiger partial charge in [0.25, 0.3) is 0 Å². The highest BCUT2D eigenvalue weighted by Crippen LogP contribution is 2.39. The molecule has 2 atom stereocenters. The van der Waals surface area contributed by atoms with E-state index in [-0.39, 0.29) is 17.8 Å². The topological polar surface area (TPSA) is 26.3 Å². The van der Waals surface area contributed by atoms with Crippen molar-refractivity contribution in [3.8, 4) is 0 Å². The smallest absolute Gasteiger partial charge is 0.315 e. The van der Waals surface area contributed by atoms with Gasteiger partial charge < -0.3 is 4.74 Å². The summed E-state index contributed by atoms with van der Waals surface area (Å²) in [5.41, 5.74) is 0.305. The van der Waals surface area contributed by atoms with Crippen LogP contribution >= 0.6 is 12.6 Å². The average Bonchev–Trinajstić information content (AvgIpc) is 1.99. The van der Waals surface area contributed by atoms with Crippen molar-refractivity contribution in [1.82, 2.24) is 0 Å². The second kappa shape index (κ2) is 4.56. The first kappa shape index (κ1) is 11.9. The molecule has 1 fully saturated rings. The zero-order valence-electron chi connectivity index (χ0n) is 9.25. The summed E-state index contributed by atoms with van der Waals surface area (Å²) < 4.78 is 5.33. The Morgan fingerprint density at radius 1 is 1.50 bits per heavy atom. The van der Waals surface area contributed by atoms with Gasteiger partial charge in [0, 0.05) is 0 Å². The van der Waals surface area contributed by atoms with Gasteiger partial charge in [0.15, 0.2) is 0 Å². The Kier molecular flexibility index (Phi) is 3.87. The summed E-state index contributed by atoms with van der Waals surface area (Å²) in [5.74, 6) is 0.644. The lowest BCUT2D eigenvalue weighted by molar-refractivity contribution is -0.150. The monoisotopic (exact) mass is 216 g/mol. The maximum Gasteiger partial charge on any atom is 0.315 e. The molecule has 0 aliphatic heterocycles. The summed E-state index contributed by atoms with van der Waals surface area (Å²) >= 11 is 3.91. The molecule has 0 aromatic heterocycles. The average molecular weight is 216 g/mol. The second-order valence-corrected chi connectivity index (χ2v) is 5.50. The van der Waals surface area contributed by atoms with E-state index in [1.807, 2.05) is 0 Å². The van der Waals surface area contributed by atoms with Crippen molar-refractivity contribution in [3.63, 3.8) is 0 Å². The van der Waals surface area contributed by atoms with Gasteiger partial charge in [-0.15, -0.1) is 0 Å². The second-order valence-electron chi connectivity index (χ2n) is 5.18. The van der Waals surface area contributed by atoms with Crippen molar-refractivity contribution in [2.24, 2.45) is 11.3 Å². The van der Waals surface area contributed by atoms with Gasteiger partial charge in [-0.1, -0.05) is 20.8 Å². The van der Waals surface area contributed by atoms with E-state index in [2.05, 4.69) is 33.4 Å². The standard InChI is InChI=1S/C11H20O2S/c1-8-4-9(13-10(12)7-14)6-11(2,3)5-8/h8-9,14H,4-7H2,1-3H3. The number of thiol groups is 1. The third-order valence-corrected chi connectivity index (χ3v) is 3.03. The summed E-state index contributed by atoms with van der Waals surface area (Å²) in [4.78, 5) is 11.1.